The number of rotatable bonds is 6. The van der Waals surface area contributed by atoms with Crippen LogP contribution in [-0.4, -0.2) is 47.3 Å². The molecule has 4 atom stereocenters. The van der Waals surface area contributed by atoms with E-state index in [1.807, 2.05) is 32.9 Å². The van der Waals surface area contributed by atoms with E-state index < -0.39 is 0 Å². The summed E-state index contributed by atoms with van der Waals surface area (Å²) < 4.78 is 5.58. The number of carbonyl (C=O) groups is 1. The average Bonchev–Trinajstić information content (AvgIpc) is 3.10. The van der Waals surface area contributed by atoms with Crippen molar-refractivity contribution < 1.29 is 14.6 Å². The number of hydrogen-bond donors (Lipinski definition) is 2. The molecule has 150 valence electrons. The Balaban J connectivity index is 1.44. The highest BCUT2D eigenvalue weighted by Gasteiger charge is 2.42. The summed E-state index contributed by atoms with van der Waals surface area (Å²) in [6.07, 6.45) is 4.34. The van der Waals surface area contributed by atoms with E-state index in [4.69, 9.17) is 4.74 Å². The molecular weight excluding hydrogens is 340 g/mol. The zero-order valence-electron chi connectivity index (χ0n) is 17.1. The number of nitrogens with zero attached hydrogens (tertiary/aromatic N) is 1. The van der Waals surface area contributed by atoms with Gasteiger partial charge in [0.05, 0.1) is 6.10 Å². The van der Waals surface area contributed by atoms with Crippen molar-refractivity contribution in [2.45, 2.75) is 70.7 Å². The second-order valence-corrected chi connectivity index (χ2v) is 9.42. The Morgan fingerprint density at radius 2 is 1.74 bits per heavy atom. The second kappa shape index (κ2) is 8.19. The molecule has 1 amide bonds. The molecule has 0 saturated heterocycles. The molecule has 5 heteroatoms. The first kappa shape index (κ1) is 20.2. The lowest BCUT2D eigenvalue weighted by Gasteiger charge is -2.25. The quantitative estimate of drug-likeness (QED) is 0.804. The predicted molar refractivity (Wildman–Crippen MR) is 107 cm³/mol. The highest BCUT2D eigenvalue weighted by atomic mass is 16.5. The minimum atomic E-state index is -0.244. The molecule has 5 nitrogen and oxygen atoms in total. The van der Waals surface area contributed by atoms with Gasteiger partial charge in [0, 0.05) is 18.1 Å². The van der Waals surface area contributed by atoms with Gasteiger partial charge in [-0.1, -0.05) is 12.1 Å². The lowest BCUT2D eigenvalue weighted by molar-refractivity contribution is -0.124. The number of aliphatic hydroxyl groups excluding tert-OH is 1. The van der Waals surface area contributed by atoms with Crippen LogP contribution in [0.2, 0.25) is 0 Å². The number of benzene rings is 1. The number of carbonyl (C=O) groups excluding carboxylic acids is 1. The molecule has 3 rings (SSSR count). The van der Waals surface area contributed by atoms with Crippen LogP contribution >= 0.6 is 0 Å². The summed E-state index contributed by atoms with van der Waals surface area (Å²) in [6.45, 7) is 6.81. The van der Waals surface area contributed by atoms with E-state index in [2.05, 4.69) is 29.4 Å². The van der Waals surface area contributed by atoms with Gasteiger partial charge in [-0.3, -0.25) is 9.69 Å². The Morgan fingerprint density at radius 1 is 1.15 bits per heavy atom. The van der Waals surface area contributed by atoms with Gasteiger partial charge in [-0.15, -0.1) is 0 Å². The number of amides is 1. The molecule has 2 unspecified atom stereocenters. The van der Waals surface area contributed by atoms with E-state index in [0.717, 1.165) is 25.1 Å². The Bertz CT molecular complexity index is 624. The fraction of sp³-hybridized carbons (Fsp3) is 0.682. The SMILES string of the molecule is CN(Cc1ccc(OCC(=O)NC(C)(C)C)cc1)C1C[C@H]2CC(O)C[C@H]2C1. The van der Waals surface area contributed by atoms with Crippen molar-refractivity contribution in [1.82, 2.24) is 10.2 Å². The van der Waals surface area contributed by atoms with E-state index in [0.29, 0.717) is 17.9 Å². The van der Waals surface area contributed by atoms with Crippen molar-refractivity contribution >= 4 is 5.91 Å². The standard InChI is InChI=1S/C22H34N2O3/c1-22(2,3)23-21(26)14-27-20-7-5-15(6-8-20)13-24(4)18-9-16-11-19(25)12-17(16)10-18/h5-8,16-19,25H,9-14H2,1-4H3,(H,23,26)/t16-,17+,18?,19?. The monoisotopic (exact) mass is 374 g/mol. The summed E-state index contributed by atoms with van der Waals surface area (Å²) in [5.74, 6) is 2.03. The van der Waals surface area contributed by atoms with Crippen LogP contribution in [0.5, 0.6) is 5.75 Å². The fourth-order valence-corrected chi connectivity index (χ4v) is 4.62. The number of nitrogens with one attached hydrogen (secondary N) is 1. The first-order valence-electron chi connectivity index (χ1n) is 10.1. The van der Waals surface area contributed by atoms with Gasteiger partial charge in [0.25, 0.3) is 5.91 Å². The molecule has 2 aliphatic rings. The van der Waals surface area contributed by atoms with E-state index in [9.17, 15) is 9.90 Å². The molecule has 0 aromatic heterocycles. The highest BCUT2D eigenvalue weighted by Crippen LogP contribution is 2.45. The minimum absolute atomic E-state index is 0.0349. The van der Waals surface area contributed by atoms with Gasteiger partial charge in [0.2, 0.25) is 0 Å². The summed E-state index contributed by atoms with van der Waals surface area (Å²) in [5, 5.41) is 12.7. The maximum Gasteiger partial charge on any atom is 0.258 e. The molecule has 0 heterocycles. The van der Waals surface area contributed by atoms with Crippen molar-refractivity contribution in [2.24, 2.45) is 11.8 Å². The van der Waals surface area contributed by atoms with E-state index >= 15 is 0 Å². The molecule has 27 heavy (non-hydrogen) atoms. The largest absolute Gasteiger partial charge is 0.484 e. The summed E-state index contributed by atoms with van der Waals surface area (Å²) in [5.41, 5.74) is 1.01. The van der Waals surface area contributed by atoms with E-state index in [-0.39, 0.29) is 24.2 Å². The third-order valence-electron chi connectivity index (χ3n) is 5.83. The van der Waals surface area contributed by atoms with Gasteiger partial charge in [-0.2, -0.15) is 0 Å². The lowest BCUT2D eigenvalue weighted by Crippen LogP contribution is -2.43. The summed E-state index contributed by atoms with van der Waals surface area (Å²) in [7, 11) is 2.20. The van der Waals surface area contributed by atoms with Crippen LogP contribution in [0.15, 0.2) is 24.3 Å². The molecule has 2 aliphatic carbocycles. The number of ether oxygens (including phenoxy) is 1. The van der Waals surface area contributed by atoms with Crippen LogP contribution in [0.4, 0.5) is 0 Å². The highest BCUT2D eigenvalue weighted by molar-refractivity contribution is 5.78. The molecular formula is C22H34N2O3. The maximum absolute atomic E-state index is 11.8. The van der Waals surface area contributed by atoms with Crippen molar-refractivity contribution in [3.63, 3.8) is 0 Å². The topological polar surface area (TPSA) is 61.8 Å². The molecule has 2 fully saturated rings. The number of hydrogen-bond acceptors (Lipinski definition) is 4. The first-order valence-corrected chi connectivity index (χ1v) is 10.1. The van der Waals surface area contributed by atoms with Gasteiger partial charge in [-0.25, -0.2) is 0 Å². The first-order chi connectivity index (χ1) is 12.7. The maximum atomic E-state index is 11.8. The predicted octanol–water partition coefficient (Wildman–Crippen LogP) is 2.96. The minimum Gasteiger partial charge on any atom is -0.484 e. The van der Waals surface area contributed by atoms with E-state index in [1.54, 1.807) is 0 Å². The zero-order chi connectivity index (χ0) is 19.6. The van der Waals surface area contributed by atoms with Crippen LogP contribution in [0, 0.1) is 11.8 Å². The molecule has 2 N–H and O–H groups in total. The molecule has 2 saturated carbocycles. The Morgan fingerprint density at radius 3 is 2.30 bits per heavy atom. The number of aliphatic hydroxyl groups is 1. The van der Waals surface area contributed by atoms with Crippen molar-refractivity contribution in [1.29, 1.82) is 0 Å². The van der Waals surface area contributed by atoms with E-state index in [1.165, 1.54) is 18.4 Å². The van der Waals surface area contributed by atoms with Gasteiger partial charge in [-0.05, 0) is 83.0 Å². The second-order valence-electron chi connectivity index (χ2n) is 9.42. The molecule has 0 spiro atoms. The third-order valence-corrected chi connectivity index (χ3v) is 5.83. The van der Waals surface area contributed by atoms with Crippen LogP contribution < -0.4 is 10.1 Å². The molecule has 0 bridgehead atoms. The van der Waals surface area contributed by atoms with Crippen LogP contribution in [0.3, 0.4) is 0 Å². The summed E-state index contributed by atoms with van der Waals surface area (Å²) in [4.78, 5) is 14.3. The van der Waals surface area contributed by atoms with Crippen LogP contribution in [0.1, 0.15) is 52.0 Å². The summed E-state index contributed by atoms with van der Waals surface area (Å²) in [6, 6.07) is 8.64. The number of fused-ring (bicyclic) bond motifs is 1. The van der Waals surface area contributed by atoms with Gasteiger partial charge >= 0.3 is 0 Å². The van der Waals surface area contributed by atoms with Gasteiger partial charge in [0.15, 0.2) is 6.61 Å². The van der Waals surface area contributed by atoms with Crippen LogP contribution in [0.25, 0.3) is 0 Å². The normalized spacial score (nSPS) is 27.6. The van der Waals surface area contributed by atoms with Crippen molar-refractivity contribution in [3.05, 3.63) is 29.8 Å². The molecule has 0 radical (unpaired) electrons. The Labute approximate surface area is 163 Å². The molecule has 1 aromatic rings. The third kappa shape index (κ3) is 5.69. The zero-order valence-corrected chi connectivity index (χ0v) is 17.1. The summed E-state index contributed by atoms with van der Waals surface area (Å²) >= 11 is 0. The molecule has 1 aromatic carbocycles. The van der Waals surface area contributed by atoms with Crippen molar-refractivity contribution in [3.8, 4) is 5.75 Å². The smallest absolute Gasteiger partial charge is 0.258 e. The van der Waals surface area contributed by atoms with Crippen LogP contribution in [-0.2, 0) is 11.3 Å². The Kier molecular flexibility index (Phi) is 6.11. The van der Waals surface area contributed by atoms with Crippen molar-refractivity contribution in [2.75, 3.05) is 13.7 Å². The fourth-order valence-electron chi connectivity index (χ4n) is 4.62. The van der Waals surface area contributed by atoms with Gasteiger partial charge < -0.3 is 15.2 Å². The van der Waals surface area contributed by atoms with Gasteiger partial charge in [0.1, 0.15) is 5.75 Å². The molecule has 0 aliphatic heterocycles. The Hall–Kier alpha value is -1.59. The average molecular weight is 375 g/mol. The lowest BCUT2D eigenvalue weighted by atomic mass is 10.0.